The minimum Gasteiger partial charge on any atom is -0.361 e. The summed E-state index contributed by atoms with van der Waals surface area (Å²) in [5.41, 5.74) is 1.83. The van der Waals surface area contributed by atoms with Gasteiger partial charge in [0.2, 0.25) is 5.91 Å². The summed E-state index contributed by atoms with van der Waals surface area (Å²) in [4.78, 5) is 12.2. The van der Waals surface area contributed by atoms with Gasteiger partial charge in [0, 0.05) is 11.6 Å². The van der Waals surface area contributed by atoms with Crippen molar-refractivity contribution in [3.8, 4) is 0 Å². The molecular formula is C13H21N3O2. The van der Waals surface area contributed by atoms with Crippen molar-refractivity contribution in [3.63, 3.8) is 0 Å². The van der Waals surface area contributed by atoms with Crippen LogP contribution in [0, 0.1) is 19.8 Å². The quantitative estimate of drug-likeness (QED) is 0.853. The van der Waals surface area contributed by atoms with Gasteiger partial charge in [0.15, 0.2) is 0 Å². The van der Waals surface area contributed by atoms with Crippen molar-refractivity contribution < 1.29 is 9.32 Å². The lowest BCUT2D eigenvalue weighted by Crippen LogP contribution is -2.38. The lowest BCUT2D eigenvalue weighted by Gasteiger charge is -2.19. The van der Waals surface area contributed by atoms with Crippen LogP contribution in [0.1, 0.15) is 43.3 Å². The van der Waals surface area contributed by atoms with E-state index in [1.54, 1.807) is 0 Å². The molecule has 1 aliphatic rings. The van der Waals surface area contributed by atoms with Crippen LogP contribution in [-0.2, 0) is 4.79 Å². The van der Waals surface area contributed by atoms with Gasteiger partial charge in [-0.3, -0.25) is 4.79 Å². The number of nitrogens with one attached hydrogen (secondary N) is 2. The zero-order valence-corrected chi connectivity index (χ0v) is 11.4. The summed E-state index contributed by atoms with van der Waals surface area (Å²) in [5.74, 6) is 0.950. The van der Waals surface area contributed by atoms with Gasteiger partial charge in [-0.2, -0.15) is 0 Å². The smallest absolute Gasteiger partial charge is 0.225 e. The van der Waals surface area contributed by atoms with E-state index >= 15 is 0 Å². The lowest BCUT2D eigenvalue weighted by molar-refractivity contribution is -0.125. The summed E-state index contributed by atoms with van der Waals surface area (Å²) in [7, 11) is 0. The van der Waals surface area contributed by atoms with Crippen LogP contribution in [0.4, 0.5) is 0 Å². The highest BCUT2D eigenvalue weighted by molar-refractivity contribution is 5.80. The van der Waals surface area contributed by atoms with E-state index in [9.17, 15) is 4.79 Å². The van der Waals surface area contributed by atoms with Gasteiger partial charge in [-0.15, -0.1) is 0 Å². The van der Waals surface area contributed by atoms with Gasteiger partial charge in [0.05, 0.1) is 17.7 Å². The van der Waals surface area contributed by atoms with Gasteiger partial charge in [-0.05, 0) is 40.7 Å². The summed E-state index contributed by atoms with van der Waals surface area (Å²) in [5, 5.41) is 10.3. The first-order valence-electron chi connectivity index (χ1n) is 6.47. The molecule has 0 saturated carbocycles. The van der Waals surface area contributed by atoms with Crippen LogP contribution in [0.25, 0.3) is 0 Å². The highest BCUT2D eigenvalue weighted by atomic mass is 16.5. The number of aryl methyl sites for hydroxylation is 2. The Morgan fingerprint density at radius 2 is 2.28 bits per heavy atom. The third kappa shape index (κ3) is 2.41. The Kier molecular flexibility index (Phi) is 3.71. The fourth-order valence-electron chi connectivity index (χ4n) is 2.72. The molecule has 3 unspecified atom stereocenters. The Morgan fingerprint density at radius 3 is 2.78 bits per heavy atom. The molecule has 2 heterocycles. The van der Waals surface area contributed by atoms with Crippen molar-refractivity contribution in [2.45, 2.75) is 46.2 Å². The van der Waals surface area contributed by atoms with Crippen LogP contribution >= 0.6 is 0 Å². The van der Waals surface area contributed by atoms with Crippen LogP contribution < -0.4 is 10.6 Å². The molecule has 100 valence electrons. The van der Waals surface area contributed by atoms with Crippen LogP contribution in [0.15, 0.2) is 4.52 Å². The second kappa shape index (κ2) is 5.10. The number of carbonyl (C=O) groups is 1. The van der Waals surface area contributed by atoms with Crippen LogP contribution in [0.2, 0.25) is 0 Å². The molecule has 1 saturated heterocycles. The number of carbonyl (C=O) groups excluding carboxylic acids is 1. The van der Waals surface area contributed by atoms with Crippen molar-refractivity contribution in [1.29, 1.82) is 0 Å². The summed E-state index contributed by atoms with van der Waals surface area (Å²) >= 11 is 0. The molecule has 18 heavy (non-hydrogen) atoms. The summed E-state index contributed by atoms with van der Waals surface area (Å²) < 4.78 is 5.13. The highest BCUT2D eigenvalue weighted by Gasteiger charge is 2.30. The maximum absolute atomic E-state index is 12.2. The standard InChI is InChI=1S/C13H21N3O2/c1-7-11(5-6-14-7)13(17)15-8(2)12-9(3)16-18-10(12)4/h7-8,11,14H,5-6H2,1-4H3,(H,15,17). The first-order valence-corrected chi connectivity index (χ1v) is 6.47. The minimum absolute atomic E-state index is 0.0588. The van der Waals surface area contributed by atoms with Crippen LogP contribution in [0.3, 0.4) is 0 Å². The molecule has 0 spiro atoms. The highest BCUT2D eigenvalue weighted by Crippen LogP contribution is 2.22. The van der Waals surface area contributed by atoms with E-state index in [4.69, 9.17) is 4.52 Å². The maximum atomic E-state index is 12.2. The van der Waals surface area contributed by atoms with Crippen LogP contribution in [-0.4, -0.2) is 23.7 Å². The second-order valence-electron chi connectivity index (χ2n) is 5.11. The average Bonchev–Trinajstić information content (AvgIpc) is 2.85. The van der Waals surface area contributed by atoms with Crippen molar-refractivity contribution in [1.82, 2.24) is 15.8 Å². The van der Waals surface area contributed by atoms with Crippen molar-refractivity contribution >= 4 is 5.91 Å². The number of nitrogens with zero attached hydrogens (tertiary/aromatic N) is 1. The fraction of sp³-hybridized carbons (Fsp3) is 0.692. The molecule has 1 aliphatic heterocycles. The monoisotopic (exact) mass is 251 g/mol. The van der Waals surface area contributed by atoms with Crippen LogP contribution in [0.5, 0.6) is 0 Å². The number of amides is 1. The molecule has 0 bridgehead atoms. The molecule has 3 atom stereocenters. The predicted octanol–water partition coefficient (Wildman–Crippen LogP) is 1.47. The van der Waals surface area contributed by atoms with Crippen molar-refractivity contribution in [2.24, 2.45) is 5.92 Å². The van der Waals surface area contributed by atoms with E-state index in [-0.39, 0.29) is 23.9 Å². The Morgan fingerprint density at radius 1 is 1.56 bits per heavy atom. The Labute approximate surface area is 107 Å². The SMILES string of the molecule is Cc1noc(C)c1C(C)NC(=O)C1CCNC1C. The van der Waals surface area contributed by atoms with Gasteiger partial charge < -0.3 is 15.2 Å². The number of hydrogen-bond donors (Lipinski definition) is 2. The average molecular weight is 251 g/mol. The normalized spacial score (nSPS) is 25.1. The maximum Gasteiger partial charge on any atom is 0.225 e. The molecule has 0 aromatic carbocycles. The first-order chi connectivity index (χ1) is 8.50. The van der Waals surface area contributed by atoms with E-state index in [0.717, 1.165) is 30.0 Å². The summed E-state index contributed by atoms with van der Waals surface area (Å²) in [6.07, 6.45) is 0.904. The van der Waals surface area contributed by atoms with Crippen molar-refractivity contribution in [3.05, 3.63) is 17.0 Å². The number of aromatic nitrogens is 1. The lowest BCUT2D eigenvalue weighted by atomic mass is 9.99. The minimum atomic E-state index is -0.0588. The zero-order valence-electron chi connectivity index (χ0n) is 11.4. The van der Waals surface area contributed by atoms with E-state index in [1.807, 2.05) is 20.8 Å². The van der Waals surface area contributed by atoms with E-state index < -0.39 is 0 Å². The summed E-state index contributed by atoms with van der Waals surface area (Å²) in [6, 6.07) is 0.193. The largest absolute Gasteiger partial charge is 0.361 e. The van der Waals surface area contributed by atoms with E-state index in [2.05, 4.69) is 22.7 Å². The van der Waals surface area contributed by atoms with Gasteiger partial charge >= 0.3 is 0 Å². The Hall–Kier alpha value is -1.36. The number of hydrogen-bond acceptors (Lipinski definition) is 4. The topological polar surface area (TPSA) is 67.2 Å². The van der Waals surface area contributed by atoms with Gasteiger partial charge in [0.25, 0.3) is 0 Å². The predicted molar refractivity (Wildman–Crippen MR) is 68.1 cm³/mol. The van der Waals surface area contributed by atoms with Gasteiger partial charge in [-0.1, -0.05) is 5.16 Å². The molecule has 1 fully saturated rings. The molecule has 1 aromatic heterocycles. The Bertz CT molecular complexity index is 422. The molecule has 2 N–H and O–H groups in total. The van der Waals surface area contributed by atoms with Gasteiger partial charge in [0.1, 0.15) is 5.76 Å². The molecule has 0 radical (unpaired) electrons. The summed E-state index contributed by atoms with van der Waals surface area (Å²) in [6.45, 7) is 8.71. The zero-order chi connectivity index (χ0) is 13.3. The first kappa shape index (κ1) is 13.1. The third-order valence-corrected chi connectivity index (χ3v) is 3.74. The van der Waals surface area contributed by atoms with E-state index in [0.29, 0.717) is 0 Å². The van der Waals surface area contributed by atoms with Gasteiger partial charge in [-0.25, -0.2) is 0 Å². The third-order valence-electron chi connectivity index (χ3n) is 3.74. The Balaban J connectivity index is 2.03. The van der Waals surface area contributed by atoms with E-state index in [1.165, 1.54) is 0 Å². The molecule has 2 rings (SSSR count). The fourth-order valence-corrected chi connectivity index (χ4v) is 2.72. The number of rotatable bonds is 3. The molecule has 5 heteroatoms. The molecule has 5 nitrogen and oxygen atoms in total. The molecule has 1 amide bonds. The molecule has 1 aromatic rings. The molecular weight excluding hydrogens is 230 g/mol. The molecule has 0 aliphatic carbocycles. The second-order valence-corrected chi connectivity index (χ2v) is 5.11. The van der Waals surface area contributed by atoms with Crippen molar-refractivity contribution in [2.75, 3.05) is 6.54 Å².